The molecule has 0 unspecified atom stereocenters. The number of hydrogen-bond donors (Lipinski definition) is 0. The molecular formula is C7H15O2. The lowest BCUT2D eigenvalue weighted by Crippen LogP contribution is -2.09. The van der Waals surface area contributed by atoms with Crippen LogP contribution in [0.5, 0.6) is 0 Å². The van der Waals surface area contributed by atoms with Gasteiger partial charge in [-0.3, -0.25) is 0 Å². The van der Waals surface area contributed by atoms with Gasteiger partial charge in [0.15, 0.2) is 0 Å². The summed E-state index contributed by atoms with van der Waals surface area (Å²) in [6.07, 6.45) is 0.304. The lowest BCUT2D eigenvalue weighted by molar-refractivity contribution is 0.0265. The summed E-state index contributed by atoms with van der Waals surface area (Å²) >= 11 is 0. The van der Waals surface area contributed by atoms with Gasteiger partial charge in [-0.25, -0.2) is 0 Å². The minimum atomic E-state index is 0.304. The Morgan fingerprint density at radius 2 is 2.00 bits per heavy atom. The zero-order valence-corrected chi connectivity index (χ0v) is 6.22. The fraction of sp³-hybridized carbons (Fsp3) is 0.857. The first kappa shape index (κ1) is 8.92. The molecule has 0 amide bonds. The van der Waals surface area contributed by atoms with Crippen LogP contribution in [0.25, 0.3) is 0 Å². The average molecular weight is 131 g/mol. The average Bonchev–Trinajstić information content (AvgIpc) is 1.80. The summed E-state index contributed by atoms with van der Waals surface area (Å²) in [6, 6.07) is 0. The first-order valence-electron chi connectivity index (χ1n) is 3.26. The standard InChI is InChI=1S/C7H15O2/c1-4-8-5-6-9-7(2)3/h7H,1,4-6H2,2-3H3. The van der Waals surface area contributed by atoms with Crippen molar-refractivity contribution >= 4 is 0 Å². The molecule has 0 heterocycles. The van der Waals surface area contributed by atoms with Crippen molar-refractivity contribution in [2.75, 3.05) is 19.8 Å². The van der Waals surface area contributed by atoms with E-state index in [4.69, 9.17) is 9.47 Å². The summed E-state index contributed by atoms with van der Waals surface area (Å²) < 4.78 is 10.1. The van der Waals surface area contributed by atoms with Crippen molar-refractivity contribution in [1.29, 1.82) is 0 Å². The van der Waals surface area contributed by atoms with Gasteiger partial charge in [0.2, 0.25) is 0 Å². The minimum absolute atomic E-state index is 0.304. The van der Waals surface area contributed by atoms with Crippen molar-refractivity contribution in [3.8, 4) is 0 Å². The molecule has 2 nitrogen and oxygen atoms in total. The third-order valence-corrected chi connectivity index (χ3v) is 0.823. The van der Waals surface area contributed by atoms with Crippen molar-refractivity contribution in [3.63, 3.8) is 0 Å². The zero-order chi connectivity index (χ0) is 7.11. The molecule has 0 atom stereocenters. The molecular weight excluding hydrogens is 116 g/mol. The van der Waals surface area contributed by atoms with Gasteiger partial charge < -0.3 is 9.47 Å². The summed E-state index contributed by atoms with van der Waals surface area (Å²) in [5.41, 5.74) is 0. The highest BCUT2D eigenvalue weighted by Crippen LogP contribution is 1.86. The van der Waals surface area contributed by atoms with Gasteiger partial charge in [0.1, 0.15) is 0 Å². The number of hydrogen-bond acceptors (Lipinski definition) is 2. The molecule has 55 valence electrons. The molecule has 0 N–H and O–H groups in total. The topological polar surface area (TPSA) is 18.5 Å². The molecule has 0 spiro atoms. The predicted molar refractivity (Wildman–Crippen MR) is 37.3 cm³/mol. The Balaban J connectivity index is 2.75. The van der Waals surface area contributed by atoms with Crippen LogP contribution in [0.15, 0.2) is 0 Å². The van der Waals surface area contributed by atoms with Gasteiger partial charge in [-0.05, 0) is 20.8 Å². The lowest BCUT2D eigenvalue weighted by atomic mass is 10.5. The highest BCUT2D eigenvalue weighted by Gasteiger charge is 1.90. The van der Waals surface area contributed by atoms with E-state index in [-0.39, 0.29) is 0 Å². The first-order valence-corrected chi connectivity index (χ1v) is 3.26. The molecule has 0 saturated heterocycles. The molecule has 0 aliphatic heterocycles. The SMILES string of the molecule is [CH2]COCCOC(C)C. The van der Waals surface area contributed by atoms with Crippen LogP contribution in [-0.2, 0) is 9.47 Å². The van der Waals surface area contributed by atoms with E-state index in [0.717, 1.165) is 0 Å². The highest BCUT2D eigenvalue weighted by atomic mass is 16.5. The zero-order valence-electron chi connectivity index (χ0n) is 6.22. The third-order valence-electron chi connectivity index (χ3n) is 0.823. The second-order valence-electron chi connectivity index (χ2n) is 2.03. The quantitative estimate of drug-likeness (QED) is 0.523. The van der Waals surface area contributed by atoms with Gasteiger partial charge in [-0.2, -0.15) is 0 Å². The number of ether oxygens (including phenoxy) is 2. The molecule has 0 fully saturated rings. The third kappa shape index (κ3) is 7.92. The molecule has 0 aliphatic carbocycles. The minimum Gasteiger partial charge on any atom is -0.379 e. The van der Waals surface area contributed by atoms with Crippen molar-refractivity contribution in [2.45, 2.75) is 20.0 Å². The smallest absolute Gasteiger partial charge is 0.0703 e. The molecule has 0 saturated carbocycles. The van der Waals surface area contributed by atoms with E-state index >= 15 is 0 Å². The maximum Gasteiger partial charge on any atom is 0.0703 e. The van der Waals surface area contributed by atoms with E-state index < -0.39 is 0 Å². The van der Waals surface area contributed by atoms with Crippen LogP contribution < -0.4 is 0 Å². The fourth-order valence-corrected chi connectivity index (χ4v) is 0.445. The van der Waals surface area contributed by atoms with E-state index in [1.54, 1.807) is 0 Å². The summed E-state index contributed by atoms with van der Waals surface area (Å²) in [7, 11) is 0. The summed E-state index contributed by atoms with van der Waals surface area (Å²) in [5, 5.41) is 0. The molecule has 0 aromatic rings. The Labute approximate surface area is 57.2 Å². The Kier molecular flexibility index (Phi) is 5.99. The normalized spacial score (nSPS) is 10.7. The summed E-state index contributed by atoms with van der Waals surface area (Å²) in [5.74, 6) is 0. The Morgan fingerprint density at radius 3 is 2.44 bits per heavy atom. The largest absolute Gasteiger partial charge is 0.379 e. The van der Waals surface area contributed by atoms with Gasteiger partial charge in [-0.15, -0.1) is 0 Å². The summed E-state index contributed by atoms with van der Waals surface area (Å²) in [4.78, 5) is 0. The van der Waals surface area contributed by atoms with Crippen molar-refractivity contribution in [2.24, 2.45) is 0 Å². The van der Waals surface area contributed by atoms with Crippen LogP contribution in [-0.4, -0.2) is 25.9 Å². The van der Waals surface area contributed by atoms with Crippen molar-refractivity contribution in [1.82, 2.24) is 0 Å². The maximum atomic E-state index is 5.19. The van der Waals surface area contributed by atoms with E-state index in [9.17, 15) is 0 Å². The molecule has 2 heteroatoms. The van der Waals surface area contributed by atoms with Gasteiger partial charge in [0.05, 0.1) is 19.3 Å². The van der Waals surface area contributed by atoms with E-state index in [2.05, 4.69) is 6.92 Å². The molecule has 0 bridgehead atoms. The van der Waals surface area contributed by atoms with Crippen LogP contribution in [0, 0.1) is 6.92 Å². The van der Waals surface area contributed by atoms with Crippen LogP contribution in [0.2, 0.25) is 0 Å². The van der Waals surface area contributed by atoms with E-state index in [1.165, 1.54) is 0 Å². The number of rotatable bonds is 5. The van der Waals surface area contributed by atoms with Crippen LogP contribution in [0.4, 0.5) is 0 Å². The van der Waals surface area contributed by atoms with Gasteiger partial charge >= 0.3 is 0 Å². The van der Waals surface area contributed by atoms with E-state index in [1.807, 2.05) is 13.8 Å². The van der Waals surface area contributed by atoms with E-state index in [0.29, 0.717) is 25.9 Å². The maximum absolute atomic E-state index is 5.19. The monoisotopic (exact) mass is 131 g/mol. The van der Waals surface area contributed by atoms with Gasteiger partial charge in [-0.1, -0.05) is 0 Å². The Bertz CT molecular complexity index is 52.9. The van der Waals surface area contributed by atoms with Crippen molar-refractivity contribution < 1.29 is 9.47 Å². The first-order chi connectivity index (χ1) is 4.27. The van der Waals surface area contributed by atoms with Crippen molar-refractivity contribution in [3.05, 3.63) is 6.92 Å². The lowest BCUT2D eigenvalue weighted by Gasteiger charge is -2.05. The predicted octanol–water partition coefficient (Wildman–Crippen LogP) is 1.26. The molecule has 0 aromatic heterocycles. The van der Waals surface area contributed by atoms with Gasteiger partial charge in [0, 0.05) is 6.61 Å². The molecule has 9 heavy (non-hydrogen) atoms. The fourth-order valence-electron chi connectivity index (χ4n) is 0.445. The molecule has 0 aromatic carbocycles. The molecule has 0 rings (SSSR count). The highest BCUT2D eigenvalue weighted by molar-refractivity contribution is 4.37. The van der Waals surface area contributed by atoms with Crippen LogP contribution in [0.1, 0.15) is 13.8 Å². The molecule has 0 aliphatic rings. The Morgan fingerprint density at radius 1 is 1.33 bits per heavy atom. The second kappa shape index (κ2) is 6.05. The second-order valence-corrected chi connectivity index (χ2v) is 2.03. The van der Waals surface area contributed by atoms with Crippen LogP contribution in [0.3, 0.4) is 0 Å². The Hall–Kier alpha value is -0.0800. The van der Waals surface area contributed by atoms with Gasteiger partial charge in [0.25, 0.3) is 0 Å². The van der Waals surface area contributed by atoms with Crippen LogP contribution >= 0.6 is 0 Å². The molecule has 1 radical (unpaired) electrons. The summed E-state index contributed by atoms with van der Waals surface area (Å²) in [6.45, 7) is 9.39.